The molecule has 2 N–H and O–H groups in total. The van der Waals surface area contributed by atoms with Crippen molar-refractivity contribution in [3.63, 3.8) is 0 Å². The van der Waals surface area contributed by atoms with Gasteiger partial charge in [0.2, 0.25) is 0 Å². The average Bonchev–Trinajstić information content (AvgIpc) is 3.01. The van der Waals surface area contributed by atoms with Gasteiger partial charge in [-0.1, -0.05) is 41.7 Å². The fourth-order valence-electron chi connectivity index (χ4n) is 2.55. The van der Waals surface area contributed by atoms with E-state index in [0.717, 1.165) is 10.4 Å². The quantitative estimate of drug-likeness (QED) is 0.453. The van der Waals surface area contributed by atoms with E-state index in [-0.39, 0.29) is 16.6 Å². The number of thiocarbonyl (C=S) groups is 1. The summed E-state index contributed by atoms with van der Waals surface area (Å²) in [5, 5.41) is 6.07. The first-order valence-corrected chi connectivity index (χ1v) is 9.51. The summed E-state index contributed by atoms with van der Waals surface area (Å²) < 4.78 is 17.1. The zero-order chi connectivity index (χ0) is 18.8. The molecule has 0 aliphatic rings. The second kappa shape index (κ2) is 7.47. The number of rotatable bonds is 3. The molecule has 0 bridgehead atoms. The molecular weight excluding hydrogens is 401 g/mol. The van der Waals surface area contributed by atoms with E-state index in [1.807, 2.05) is 34.9 Å². The molecule has 0 spiro atoms. The van der Waals surface area contributed by atoms with E-state index in [1.165, 1.54) is 23.7 Å². The molecule has 134 valence electrons. The number of nitrogens with one attached hydrogen (secondary N) is 2. The zero-order valence-corrected chi connectivity index (χ0v) is 16.2. The molecule has 0 saturated heterocycles. The maximum atomic E-state index is 13.8. The van der Waals surface area contributed by atoms with Gasteiger partial charge in [-0.25, -0.2) is 14.4 Å². The van der Waals surface area contributed by atoms with Crippen LogP contribution in [0.25, 0.3) is 16.0 Å². The summed E-state index contributed by atoms with van der Waals surface area (Å²) in [4.78, 5) is 8.64. The highest BCUT2D eigenvalue weighted by atomic mass is 32.1. The van der Waals surface area contributed by atoms with Gasteiger partial charge >= 0.3 is 0 Å². The number of nitrogens with zero attached hydrogens (tertiary/aromatic N) is 3. The number of para-hydroxylation sites is 2. The fraction of sp³-hybridized carbons (Fsp3) is 0. The minimum absolute atomic E-state index is 0.227. The van der Waals surface area contributed by atoms with Crippen LogP contribution in [0.15, 0.2) is 60.9 Å². The number of anilines is 2. The van der Waals surface area contributed by atoms with Crippen molar-refractivity contribution in [3.8, 4) is 5.69 Å². The van der Waals surface area contributed by atoms with Gasteiger partial charge in [-0.3, -0.25) is 4.57 Å². The van der Waals surface area contributed by atoms with Gasteiger partial charge in [0.05, 0.1) is 5.69 Å². The number of halogens is 1. The highest BCUT2D eigenvalue weighted by Gasteiger charge is 2.14. The summed E-state index contributed by atoms with van der Waals surface area (Å²) in [5.41, 5.74) is 1.89. The summed E-state index contributed by atoms with van der Waals surface area (Å²) in [6.07, 6.45) is 1.44. The first-order valence-electron chi connectivity index (χ1n) is 7.88. The maximum Gasteiger partial charge on any atom is 0.176 e. The lowest BCUT2D eigenvalue weighted by atomic mass is 10.3. The minimum atomic E-state index is -0.389. The molecule has 0 atom stereocenters. The molecular formula is C18H12FN5S3. The minimum Gasteiger partial charge on any atom is -0.330 e. The highest BCUT2D eigenvalue weighted by molar-refractivity contribution is 7.80. The summed E-state index contributed by atoms with van der Waals surface area (Å²) in [7, 11) is 0. The number of thiazole rings is 1. The van der Waals surface area contributed by atoms with Crippen LogP contribution in [0.5, 0.6) is 0 Å². The Morgan fingerprint density at radius 2 is 1.74 bits per heavy atom. The molecule has 27 heavy (non-hydrogen) atoms. The number of benzene rings is 2. The topological polar surface area (TPSA) is 54.8 Å². The van der Waals surface area contributed by atoms with Crippen molar-refractivity contribution in [2.45, 2.75) is 0 Å². The molecule has 0 unspecified atom stereocenters. The summed E-state index contributed by atoms with van der Waals surface area (Å²) in [5.74, 6) is 0.125. The maximum absolute atomic E-state index is 13.8. The van der Waals surface area contributed by atoms with Crippen LogP contribution in [0, 0.1) is 9.77 Å². The summed E-state index contributed by atoms with van der Waals surface area (Å²) in [6.45, 7) is 0. The number of hydrogen-bond donors (Lipinski definition) is 2. The lowest BCUT2D eigenvalue weighted by Crippen LogP contribution is -2.20. The molecule has 4 aromatic rings. The Kier molecular flexibility index (Phi) is 4.88. The number of aromatic nitrogens is 3. The third-order valence-corrected chi connectivity index (χ3v) is 5.31. The predicted molar refractivity (Wildman–Crippen MR) is 114 cm³/mol. The van der Waals surface area contributed by atoms with E-state index in [2.05, 4.69) is 20.6 Å². The first kappa shape index (κ1) is 17.7. The smallest absolute Gasteiger partial charge is 0.176 e. The third kappa shape index (κ3) is 3.57. The van der Waals surface area contributed by atoms with Crippen LogP contribution < -0.4 is 10.6 Å². The Bertz CT molecular complexity index is 1190. The van der Waals surface area contributed by atoms with Gasteiger partial charge in [-0.15, -0.1) is 0 Å². The second-order valence-electron chi connectivity index (χ2n) is 5.47. The van der Waals surface area contributed by atoms with E-state index < -0.39 is 0 Å². The van der Waals surface area contributed by atoms with Crippen molar-refractivity contribution in [3.05, 3.63) is 70.7 Å². The van der Waals surface area contributed by atoms with Crippen LogP contribution in [-0.2, 0) is 0 Å². The Morgan fingerprint density at radius 1 is 1.00 bits per heavy atom. The standard InChI is InChI=1S/C18H12FN5S3/c19-12-8-4-5-9-13(12)22-17(25)23-15-14-16(21-10-20-15)24(18(26)27-14)11-6-2-1-3-7-11/h1-10H,(H2,20,21,22,23,25). The number of fused-ring (bicyclic) bond motifs is 1. The summed E-state index contributed by atoms with van der Waals surface area (Å²) in [6, 6.07) is 16.0. The van der Waals surface area contributed by atoms with E-state index in [4.69, 9.17) is 24.4 Å². The van der Waals surface area contributed by atoms with Crippen LogP contribution in [0.2, 0.25) is 0 Å². The average molecular weight is 414 g/mol. The van der Waals surface area contributed by atoms with Gasteiger partial charge < -0.3 is 10.6 Å². The van der Waals surface area contributed by atoms with Crippen molar-refractivity contribution in [2.75, 3.05) is 10.6 Å². The molecule has 5 nitrogen and oxygen atoms in total. The van der Waals surface area contributed by atoms with Crippen molar-refractivity contribution in [2.24, 2.45) is 0 Å². The van der Waals surface area contributed by atoms with Crippen molar-refractivity contribution >= 4 is 62.7 Å². The SMILES string of the molecule is Fc1ccccc1NC(=S)Nc1ncnc2c1sc(=S)n2-c1ccccc1. The number of hydrogen-bond acceptors (Lipinski definition) is 5. The van der Waals surface area contributed by atoms with Crippen LogP contribution in [-0.4, -0.2) is 19.6 Å². The molecule has 2 aromatic carbocycles. The van der Waals surface area contributed by atoms with E-state index in [1.54, 1.807) is 18.2 Å². The molecule has 2 aromatic heterocycles. The van der Waals surface area contributed by atoms with Crippen LogP contribution >= 0.6 is 35.8 Å². The Balaban J connectivity index is 1.68. The molecule has 0 radical (unpaired) electrons. The van der Waals surface area contributed by atoms with Gasteiger partial charge in [-0.05, 0) is 48.7 Å². The molecule has 4 rings (SSSR count). The zero-order valence-electron chi connectivity index (χ0n) is 13.7. The van der Waals surface area contributed by atoms with Gasteiger partial charge in [0.15, 0.2) is 20.5 Å². The van der Waals surface area contributed by atoms with Gasteiger partial charge in [0.25, 0.3) is 0 Å². The van der Waals surface area contributed by atoms with Crippen molar-refractivity contribution in [1.29, 1.82) is 0 Å². The predicted octanol–water partition coefficient (Wildman–Crippen LogP) is 5.16. The molecule has 9 heteroatoms. The Labute approximate surface area is 168 Å². The first-order chi connectivity index (χ1) is 13.1. The molecule has 2 heterocycles. The largest absolute Gasteiger partial charge is 0.330 e. The molecule has 0 aliphatic heterocycles. The fourth-order valence-corrected chi connectivity index (χ4v) is 4.10. The second-order valence-corrected chi connectivity index (χ2v) is 7.53. The van der Waals surface area contributed by atoms with Crippen molar-refractivity contribution < 1.29 is 4.39 Å². The van der Waals surface area contributed by atoms with Gasteiger partial charge in [0.1, 0.15) is 16.8 Å². The Hall–Kier alpha value is -2.75. The van der Waals surface area contributed by atoms with Gasteiger partial charge in [-0.2, -0.15) is 0 Å². The lowest BCUT2D eigenvalue weighted by Gasteiger charge is -2.11. The monoisotopic (exact) mass is 413 g/mol. The summed E-state index contributed by atoms with van der Waals surface area (Å²) >= 11 is 12.2. The van der Waals surface area contributed by atoms with E-state index in [0.29, 0.717) is 15.4 Å². The van der Waals surface area contributed by atoms with Crippen LogP contribution in [0.1, 0.15) is 0 Å². The molecule has 0 fully saturated rings. The normalized spacial score (nSPS) is 10.7. The lowest BCUT2D eigenvalue weighted by molar-refractivity contribution is 0.632. The van der Waals surface area contributed by atoms with Crippen LogP contribution in [0.3, 0.4) is 0 Å². The van der Waals surface area contributed by atoms with E-state index >= 15 is 0 Å². The van der Waals surface area contributed by atoms with E-state index in [9.17, 15) is 4.39 Å². The third-order valence-electron chi connectivity index (χ3n) is 3.74. The Morgan fingerprint density at radius 3 is 2.52 bits per heavy atom. The van der Waals surface area contributed by atoms with Gasteiger partial charge in [0, 0.05) is 5.69 Å². The van der Waals surface area contributed by atoms with Crippen LogP contribution in [0.4, 0.5) is 15.9 Å². The highest BCUT2D eigenvalue weighted by Crippen LogP contribution is 2.29. The molecule has 0 amide bonds. The molecule has 0 aliphatic carbocycles. The van der Waals surface area contributed by atoms with Crippen molar-refractivity contribution in [1.82, 2.24) is 14.5 Å². The molecule has 0 saturated carbocycles.